The molecule has 9 heteroatoms. The molecule has 2 heterocycles. The van der Waals surface area contributed by atoms with Crippen LogP contribution in [0.5, 0.6) is 0 Å². The van der Waals surface area contributed by atoms with Crippen LogP contribution in [0.3, 0.4) is 0 Å². The Balaban J connectivity index is 1.51. The quantitative estimate of drug-likeness (QED) is 0.333. The average molecular weight is 476 g/mol. The van der Waals surface area contributed by atoms with Gasteiger partial charge in [0.15, 0.2) is 5.01 Å². The molecule has 5 rings (SSSR count). The van der Waals surface area contributed by atoms with Gasteiger partial charge in [-0.2, -0.15) is 5.10 Å². The summed E-state index contributed by atoms with van der Waals surface area (Å²) in [4.78, 5) is 12.4. The van der Waals surface area contributed by atoms with Gasteiger partial charge in [0, 0.05) is 16.8 Å². The van der Waals surface area contributed by atoms with Crippen molar-refractivity contribution in [3.8, 4) is 27.5 Å². The van der Waals surface area contributed by atoms with Crippen molar-refractivity contribution < 1.29 is 9.18 Å². The molecule has 5 aromatic rings. The molecular formula is C24H15ClFN5OS. The number of anilines is 1. The highest BCUT2D eigenvalue weighted by Crippen LogP contribution is 2.35. The summed E-state index contributed by atoms with van der Waals surface area (Å²) in [6.45, 7) is 0. The topological polar surface area (TPSA) is 72.7 Å². The number of carbonyl (C=O) groups is 1. The molecule has 0 aliphatic heterocycles. The predicted molar refractivity (Wildman–Crippen MR) is 127 cm³/mol. The molecule has 1 N–H and O–H groups in total. The summed E-state index contributed by atoms with van der Waals surface area (Å²) >= 11 is 7.24. The lowest BCUT2D eigenvalue weighted by Crippen LogP contribution is -2.13. The summed E-state index contributed by atoms with van der Waals surface area (Å²) in [6, 6.07) is 22.8. The van der Waals surface area contributed by atoms with Crippen LogP contribution in [0.4, 0.5) is 9.52 Å². The fourth-order valence-corrected chi connectivity index (χ4v) is 4.13. The summed E-state index contributed by atoms with van der Waals surface area (Å²) < 4.78 is 15.7. The van der Waals surface area contributed by atoms with Crippen molar-refractivity contribution in [3.63, 3.8) is 0 Å². The summed E-state index contributed by atoms with van der Waals surface area (Å²) in [6.07, 6.45) is 1.86. The Morgan fingerprint density at radius 2 is 1.67 bits per heavy atom. The Kier molecular flexibility index (Phi) is 5.68. The number of hydrogen-bond acceptors (Lipinski definition) is 5. The Bertz CT molecular complexity index is 1430. The minimum absolute atomic E-state index is 0.0620. The Hall–Kier alpha value is -3.88. The highest BCUT2D eigenvalue weighted by molar-refractivity contribution is 7.18. The van der Waals surface area contributed by atoms with E-state index in [0.717, 1.165) is 16.8 Å². The lowest BCUT2D eigenvalue weighted by Gasteiger charge is -2.02. The van der Waals surface area contributed by atoms with Gasteiger partial charge < -0.3 is 0 Å². The number of para-hydroxylation sites is 1. The first-order valence-corrected chi connectivity index (χ1v) is 11.1. The molecule has 0 unspecified atom stereocenters. The Morgan fingerprint density at radius 1 is 0.939 bits per heavy atom. The number of benzene rings is 3. The monoisotopic (exact) mass is 475 g/mol. The van der Waals surface area contributed by atoms with Gasteiger partial charge in [-0.1, -0.05) is 65.4 Å². The van der Waals surface area contributed by atoms with Crippen LogP contribution in [0.15, 0.2) is 85.1 Å². The molecule has 0 fully saturated rings. The minimum Gasteiger partial charge on any atom is -0.296 e. The van der Waals surface area contributed by atoms with Crippen molar-refractivity contribution in [1.29, 1.82) is 0 Å². The minimum atomic E-state index is -0.603. The Labute approximate surface area is 197 Å². The number of aromatic nitrogens is 4. The molecule has 0 spiro atoms. The van der Waals surface area contributed by atoms with Crippen molar-refractivity contribution >= 4 is 34.0 Å². The summed E-state index contributed by atoms with van der Waals surface area (Å²) in [5.74, 6) is -1.19. The van der Waals surface area contributed by atoms with Crippen molar-refractivity contribution in [2.24, 2.45) is 0 Å². The van der Waals surface area contributed by atoms with Crippen LogP contribution in [0.1, 0.15) is 10.4 Å². The maximum absolute atomic E-state index is 13.9. The second-order valence-electron chi connectivity index (χ2n) is 7.02. The summed E-state index contributed by atoms with van der Waals surface area (Å²) in [7, 11) is 0. The molecule has 0 bridgehead atoms. The maximum Gasteiger partial charge on any atom is 0.260 e. The van der Waals surface area contributed by atoms with E-state index in [2.05, 4.69) is 15.5 Å². The van der Waals surface area contributed by atoms with Gasteiger partial charge in [-0.15, -0.1) is 10.2 Å². The first-order chi connectivity index (χ1) is 16.1. The SMILES string of the molecule is O=C(Nc1nnc(-c2cn(-c3ccccc3)nc2-c2ccc(Cl)cc2)s1)c1ccccc1F. The van der Waals surface area contributed by atoms with Crippen LogP contribution in [0.25, 0.3) is 27.5 Å². The van der Waals surface area contributed by atoms with E-state index in [9.17, 15) is 9.18 Å². The Morgan fingerprint density at radius 3 is 2.42 bits per heavy atom. The molecule has 0 aliphatic rings. The van der Waals surface area contributed by atoms with Gasteiger partial charge in [0.25, 0.3) is 5.91 Å². The zero-order valence-electron chi connectivity index (χ0n) is 16.9. The number of nitrogens with one attached hydrogen (secondary N) is 1. The zero-order valence-corrected chi connectivity index (χ0v) is 18.5. The molecular weight excluding hydrogens is 461 g/mol. The van der Waals surface area contributed by atoms with Crippen LogP contribution in [-0.4, -0.2) is 25.9 Å². The number of rotatable bonds is 5. The molecule has 33 heavy (non-hydrogen) atoms. The van der Waals surface area contributed by atoms with Crippen LogP contribution in [0.2, 0.25) is 5.02 Å². The van der Waals surface area contributed by atoms with Crippen molar-refractivity contribution in [1.82, 2.24) is 20.0 Å². The third kappa shape index (κ3) is 4.39. The van der Waals surface area contributed by atoms with Crippen LogP contribution < -0.4 is 5.32 Å². The van der Waals surface area contributed by atoms with Crippen molar-refractivity contribution in [2.45, 2.75) is 0 Å². The second-order valence-corrected chi connectivity index (χ2v) is 8.44. The van der Waals surface area contributed by atoms with Crippen molar-refractivity contribution in [3.05, 3.63) is 101 Å². The predicted octanol–water partition coefficient (Wildman–Crippen LogP) is 6.10. The molecule has 6 nitrogen and oxygen atoms in total. The third-order valence-electron chi connectivity index (χ3n) is 4.85. The molecule has 0 saturated carbocycles. The third-order valence-corrected chi connectivity index (χ3v) is 5.97. The van der Waals surface area contributed by atoms with Crippen LogP contribution in [0, 0.1) is 5.82 Å². The lowest BCUT2D eigenvalue weighted by molar-refractivity contribution is 0.102. The zero-order chi connectivity index (χ0) is 22.8. The summed E-state index contributed by atoms with van der Waals surface area (Å²) in [5.41, 5.74) is 3.12. The number of nitrogens with zero attached hydrogens (tertiary/aromatic N) is 4. The summed E-state index contributed by atoms with van der Waals surface area (Å²) in [5, 5.41) is 17.1. The molecule has 162 valence electrons. The van der Waals surface area contributed by atoms with Gasteiger partial charge in [-0.3, -0.25) is 10.1 Å². The van der Waals surface area contributed by atoms with E-state index in [1.54, 1.807) is 22.9 Å². The standard InChI is InChI=1S/C24H15ClFN5OS/c25-16-12-10-15(11-13-16)21-19(14-31(30-21)17-6-2-1-3-7-17)23-28-29-24(33-23)27-22(32)18-8-4-5-9-20(18)26/h1-14H,(H,27,29,32). The molecule has 0 saturated heterocycles. The van der Waals surface area contributed by atoms with E-state index in [4.69, 9.17) is 16.7 Å². The van der Waals surface area contributed by atoms with Crippen molar-refractivity contribution in [2.75, 3.05) is 5.32 Å². The van der Waals surface area contributed by atoms with Gasteiger partial charge in [0.05, 0.1) is 16.8 Å². The molecule has 0 atom stereocenters. The van der Waals surface area contributed by atoms with Crippen LogP contribution >= 0.6 is 22.9 Å². The molecule has 0 aliphatic carbocycles. The smallest absolute Gasteiger partial charge is 0.260 e. The van der Waals surface area contributed by atoms with Crippen LogP contribution in [-0.2, 0) is 0 Å². The van der Waals surface area contributed by atoms with Gasteiger partial charge in [0.2, 0.25) is 5.13 Å². The largest absolute Gasteiger partial charge is 0.296 e. The van der Waals surface area contributed by atoms with Gasteiger partial charge in [-0.25, -0.2) is 9.07 Å². The molecule has 0 radical (unpaired) electrons. The number of halogens is 2. The number of hydrogen-bond donors (Lipinski definition) is 1. The average Bonchev–Trinajstić information content (AvgIpc) is 3.48. The fourth-order valence-electron chi connectivity index (χ4n) is 3.26. The highest BCUT2D eigenvalue weighted by atomic mass is 35.5. The van der Waals surface area contributed by atoms with E-state index >= 15 is 0 Å². The highest BCUT2D eigenvalue weighted by Gasteiger charge is 2.19. The molecule has 3 aromatic carbocycles. The van der Waals surface area contributed by atoms with E-state index < -0.39 is 11.7 Å². The first-order valence-electron chi connectivity index (χ1n) is 9.89. The normalized spacial score (nSPS) is 10.8. The van der Waals surface area contributed by atoms with E-state index in [0.29, 0.717) is 15.7 Å². The lowest BCUT2D eigenvalue weighted by atomic mass is 10.1. The molecule has 1 amide bonds. The number of amides is 1. The van der Waals surface area contributed by atoms with E-state index in [1.165, 1.54) is 29.5 Å². The first kappa shape index (κ1) is 21.0. The fraction of sp³-hybridized carbons (Fsp3) is 0. The van der Waals surface area contributed by atoms with E-state index in [1.807, 2.05) is 48.7 Å². The van der Waals surface area contributed by atoms with Gasteiger partial charge in [0.1, 0.15) is 11.5 Å². The second kappa shape index (κ2) is 8.93. The van der Waals surface area contributed by atoms with E-state index in [-0.39, 0.29) is 10.7 Å². The van der Waals surface area contributed by atoms with Gasteiger partial charge in [-0.05, 0) is 36.4 Å². The van der Waals surface area contributed by atoms with Gasteiger partial charge >= 0.3 is 0 Å². The molecule has 2 aromatic heterocycles. The number of carbonyl (C=O) groups excluding carboxylic acids is 1. The maximum atomic E-state index is 13.9.